The number of likely N-dealkylation sites (tertiary alicyclic amines) is 1. The molecule has 4 atom stereocenters. The lowest BCUT2D eigenvalue weighted by atomic mass is 9.69. The third kappa shape index (κ3) is 3.94. The largest absolute Gasteiger partial charge is 0.507 e. The molecule has 6 heteroatoms. The Morgan fingerprint density at radius 2 is 1.97 bits per heavy atom. The number of aromatic hydroxyl groups is 1. The van der Waals surface area contributed by atoms with Crippen LogP contribution in [0.5, 0.6) is 5.75 Å². The summed E-state index contributed by atoms with van der Waals surface area (Å²) in [6.07, 6.45) is 6.55. The Morgan fingerprint density at radius 1 is 1.20 bits per heavy atom. The van der Waals surface area contributed by atoms with Crippen molar-refractivity contribution in [3.63, 3.8) is 0 Å². The van der Waals surface area contributed by atoms with Crippen molar-refractivity contribution in [1.82, 2.24) is 9.80 Å². The quantitative estimate of drug-likeness (QED) is 0.748. The Balaban J connectivity index is 1.62. The van der Waals surface area contributed by atoms with Crippen molar-refractivity contribution in [2.24, 2.45) is 11.8 Å². The van der Waals surface area contributed by atoms with Crippen LogP contribution in [0.2, 0.25) is 0 Å². The first kappa shape index (κ1) is 21.2. The molecule has 6 nitrogen and oxygen atoms in total. The molecule has 164 valence electrons. The molecule has 4 unspecified atom stereocenters. The van der Waals surface area contributed by atoms with Crippen LogP contribution in [0.15, 0.2) is 18.2 Å². The van der Waals surface area contributed by atoms with E-state index in [0.29, 0.717) is 29.9 Å². The number of aryl methyl sites for hydroxylation is 1. The van der Waals surface area contributed by atoms with E-state index in [2.05, 4.69) is 4.90 Å². The molecule has 4 rings (SSSR count). The van der Waals surface area contributed by atoms with Gasteiger partial charge < -0.3 is 14.7 Å². The van der Waals surface area contributed by atoms with Gasteiger partial charge in [0.1, 0.15) is 5.75 Å². The van der Waals surface area contributed by atoms with Crippen LogP contribution in [0.3, 0.4) is 0 Å². The highest BCUT2D eigenvalue weighted by Gasteiger charge is 2.49. The zero-order valence-electron chi connectivity index (χ0n) is 18.2. The van der Waals surface area contributed by atoms with Crippen molar-refractivity contribution in [2.75, 3.05) is 26.7 Å². The maximum absolute atomic E-state index is 13.6. The van der Waals surface area contributed by atoms with E-state index < -0.39 is 0 Å². The number of carbonyl (C=O) groups is 2. The maximum atomic E-state index is 13.6. The topological polar surface area (TPSA) is 70.1 Å². The molecule has 3 aliphatic heterocycles. The Morgan fingerprint density at radius 3 is 2.73 bits per heavy atom. The van der Waals surface area contributed by atoms with E-state index in [1.807, 2.05) is 24.0 Å². The summed E-state index contributed by atoms with van der Waals surface area (Å²) >= 11 is 0. The van der Waals surface area contributed by atoms with Gasteiger partial charge in [-0.1, -0.05) is 12.1 Å². The second kappa shape index (κ2) is 8.96. The second-order valence-corrected chi connectivity index (χ2v) is 9.20. The molecule has 30 heavy (non-hydrogen) atoms. The van der Waals surface area contributed by atoms with E-state index >= 15 is 0 Å². The number of benzene rings is 1. The van der Waals surface area contributed by atoms with Gasteiger partial charge in [0.15, 0.2) is 0 Å². The predicted molar refractivity (Wildman–Crippen MR) is 114 cm³/mol. The van der Waals surface area contributed by atoms with Gasteiger partial charge in [0.05, 0.1) is 12.7 Å². The fourth-order valence-corrected chi connectivity index (χ4v) is 6.14. The number of phenolic OH excluding ortho intramolecular Hbond substituents is 1. The van der Waals surface area contributed by atoms with Crippen molar-refractivity contribution in [1.29, 1.82) is 0 Å². The number of piperidine rings is 3. The van der Waals surface area contributed by atoms with Gasteiger partial charge in [0, 0.05) is 25.0 Å². The second-order valence-electron chi connectivity index (χ2n) is 9.20. The molecule has 1 amide bonds. The third-order valence-corrected chi connectivity index (χ3v) is 7.51. The smallest absolute Gasteiger partial charge is 0.305 e. The Hall–Kier alpha value is -2.08. The highest BCUT2D eigenvalue weighted by atomic mass is 16.5. The average Bonchev–Trinajstić information content (AvgIpc) is 2.76. The first-order chi connectivity index (χ1) is 14.5. The van der Waals surface area contributed by atoms with Gasteiger partial charge in [-0.3, -0.25) is 14.5 Å². The molecule has 0 aliphatic carbocycles. The van der Waals surface area contributed by atoms with Gasteiger partial charge in [-0.2, -0.15) is 0 Å². The first-order valence-electron chi connectivity index (χ1n) is 11.4. The van der Waals surface area contributed by atoms with Crippen LogP contribution in [0.4, 0.5) is 0 Å². The van der Waals surface area contributed by atoms with Gasteiger partial charge in [0.2, 0.25) is 0 Å². The number of para-hydroxylation sites is 1. The molecule has 0 bridgehead atoms. The Bertz CT molecular complexity index is 793. The van der Waals surface area contributed by atoms with Crippen LogP contribution in [-0.2, 0) is 9.53 Å². The van der Waals surface area contributed by atoms with E-state index in [1.165, 1.54) is 33.0 Å². The lowest BCUT2D eigenvalue weighted by Gasteiger charge is -2.57. The molecule has 3 fully saturated rings. The lowest BCUT2D eigenvalue weighted by molar-refractivity contribution is -0.140. The fraction of sp³-hybridized carbons (Fsp3) is 0.667. The van der Waals surface area contributed by atoms with Gasteiger partial charge >= 0.3 is 5.97 Å². The number of esters is 1. The van der Waals surface area contributed by atoms with E-state index in [1.54, 1.807) is 6.07 Å². The molecule has 0 radical (unpaired) electrons. The van der Waals surface area contributed by atoms with Crippen LogP contribution in [0.25, 0.3) is 0 Å². The SMILES string of the molecule is COC(=O)CCCC1C2CCCN3CCCC(CN1C(=O)c1cccc(C)c1O)C23. The summed E-state index contributed by atoms with van der Waals surface area (Å²) in [6.45, 7) is 4.90. The standard InChI is InChI=1S/C24H34N2O4/c1-16-7-3-9-19(23(16)28)24(29)26-15-17-8-5-13-25-14-6-10-18(22(17)25)20(26)11-4-12-21(27)30-2/h3,7,9,17-18,20,22,28H,4-6,8,10-15H2,1-2H3. The summed E-state index contributed by atoms with van der Waals surface area (Å²) in [5.74, 6) is 0.760. The summed E-state index contributed by atoms with van der Waals surface area (Å²) in [5.41, 5.74) is 1.12. The predicted octanol–water partition coefficient (Wildman–Crippen LogP) is 3.36. The van der Waals surface area contributed by atoms with Gasteiger partial charge in [0.25, 0.3) is 5.91 Å². The number of ether oxygens (including phenoxy) is 1. The molecule has 3 saturated heterocycles. The number of methoxy groups -OCH3 is 1. The monoisotopic (exact) mass is 414 g/mol. The summed E-state index contributed by atoms with van der Waals surface area (Å²) < 4.78 is 4.82. The number of phenols is 1. The lowest BCUT2D eigenvalue weighted by Crippen LogP contribution is -2.65. The van der Waals surface area contributed by atoms with Crippen molar-refractivity contribution in [3.05, 3.63) is 29.3 Å². The third-order valence-electron chi connectivity index (χ3n) is 7.51. The number of amides is 1. The fourth-order valence-electron chi connectivity index (χ4n) is 6.14. The minimum atomic E-state index is -0.194. The summed E-state index contributed by atoms with van der Waals surface area (Å²) in [7, 11) is 1.42. The van der Waals surface area contributed by atoms with Gasteiger partial charge in [-0.15, -0.1) is 0 Å². The normalized spacial score (nSPS) is 28.7. The molecule has 0 spiro atoms. The highest BCUT2D eigenvalue weighted by Crippen LogP contribution is 2.44. The highest BCUT2D eigenvalue weighted by molar-refractivity contribution is 5.97. The number of carbonyl (C=O) groups excluding carboxylic acids is 2. The molecular weight excluding hydrogens is 380 g/mol. The number of nitrogens with zero attached hydrogens (tertiary/aromatic N) is 2. The Labute approximate surface area is 179 Å². The van der Waals surface area contributed by atoms with Crippen LogP contribution in [0.1, 0.15) is 60.9 Å². The van der Waals surface area contributed by atoms with Gasteiger partial charge in [-0.25, -0.2) is 0 Å². The van der Waals surface area contributed by atoms with Crippen LogP contribution >= 0.6 is 0 Å². The number of rotatable bonds is 5. The molecule has 3 aliphatic rings. The summed E-state index contributed by atoms with van der Waals surface area (Å²) in [4.78, 5) is 30.0. The van der Waals surface area contributed by atoms with Crippen molar-refractivity contribution in [3.8, 4) is 5.75 Å². The van der Waals surface area contributed by atoms with E-state index in [0.717, 1.165) is 37.8 Å². The van der Waals surface area contributed by atoms with Crippen molar-refractivity contribution < 1.29 is 19.4 Å². The van der Waals surface area contributed by atoms with Crippen LogP contribution in [-0.4, -0.2) is 65.6 Å². The summed E-state index contributed by atoms with van der Waals surface area (Å²) in [5, 5.41) is 10.6. The van der Waals surface area contributed by atoms with Crippen LogP contribution in [0, 0.1) is 18.8 Å². The number of hydrogen-bond donors (Lipinski definition) is 1. The summed E-state index contributed by atoms with van der Waals surface area (Å²) in [6, 6.07) is 6.04. The molecule has 0 aromatic heterocycles. The minimum Gasteiger partial charge on any atom is -0.507 e. The zero-order valence-corrected chi connectivity index (χ0v) is 18.2. The average molecular weight is 415 g/mol. The van der Waals surface area contributed by atoms with Crippen molar-refractivity contribution in [2.45, 2.75) is 64.0 Å². The molecule has 3 heterocycles. The van der Waals surface area contributed by atoms with Crippen molar-refractivity contribution >= 4 is 11.9 Å². The van der Waals surface area contributed by atoms with E-state index in [9.17, 15) is 14.7 Å². The zero-order chi connectivity index (χ0) is 21.3. The first-order valence-corrected chi connectivity index (χ1v) is 11.4. The Kier molecular flexibility index (Phi) is 6.32. The molecule has 1 aromatic carbocycles. The minimum absolute atomic E-state index is 0.0691. The molecule has 1 N–H and O–H groups in total. The van der Waals surface area contributed by atoms with E-state index in [4.69, 9.17) is 4.74 Å². The molecule has 0 saturated carbocycles. The molecular formula is C24H34N2O4. The van der Waals surface area contributed by atoms with E-state index in [-0.39, 0.29) is 23.7 Å². The van der Waals surface area contributed by atoms with Crippen LogP contribution < -0.4 is 0 Å². The van der Waals surface area contributed by atoms with Gasteiger partial charge in [-0.05, 0) is 82.0 Å². The number of hydrogen-bond acceptors (Lipinski definition) is 5. The molecule has 1 aromatic rings. The maximum Gasteiger partial charge on any atom is 0.305 e.